The number of benzene rings is 9. The molecule has 0 spiro atoms. The fourth-order valence-electron chi connectivity index (χ4n) is 13.1. The molecule has 0 unspecified atom stereocenters. The topological polar surface area (TPSA) is 29.5 Å². The van der Waals surface area contributed by atoms with Crippen molar-refractivity contribution in [3.8, 4) is 44.5 Å². The number of hydrogen-bond donors (Lipinski definition) is 0. The first-order chi connectivity index (χ1) is 34.0. The van der Waals surface area contributed by atoms with Crippen LogP contribution in [-0.2, 0) is 21.7 Å². The van der Waals surface area contributed by atoms with Crippen LogP contribution in [0.25, 0.3) is 88.4 Å². The molecule has 0 saturated heterocycles. The van der Waals surface area contributed by atoms with Crippen molar-refractivity contribution in [2.45, 2.75) is 90.9 Å². The van der Waals surface area contributed by atoms with E-state index in [-0.39, 0.29) is 21.7 Å². The number of nitrogens with zero attached hydrogens (tertiary/aromatic N) is 1. The van der Waals surface area contributed by atoms with Crippen molar-refractivity contribution < 1.29 is 8.83 Å². The van der Waals surface area contributed by atoms with Gasteiger partial charge in [0.15, 0.2) is 0 Å². The molecule has 0 aliphatic heterocycles. The predicted octanol–water partition coefficient (Wildman–Crippen LogP) is 19.1. The standard InChI is InChI=1S/C68H57NO2/c1-38-19-25-41(26-20-38)69(42-27-29-44-49-36-55-50(37-54(49)67(7,8)52(44)33-42)61-51(66(55,5)6)31-32-59-62(61)46-15-11-13-17-57(46)70-59)43-28-30-45-53(34-43)68(9,10)56-35-48(39-21-23-40(24-22-39)65(2,3)4)64-63(60(45)56)47-16-12-14-18-58(47)71-64/h11-37H,1-10H3. The van der Waals surface area contributed by atoms with E-state index < -0.39 is 0 Å². The molecule has 0 saturated carbocycles. The molecule has 0 amide bonds. The summed E-state index contributed by atoms with van der Waals surface area (Å²) in [5, 5.41) is 4.76. The van der Waals surface area contributed by atoms with Gasteiger partial charge in [-0.2, -0.15) is 0 Å². The molecule has 0 N–H and O–H groups in total. The summed E-state index contributed by atoms with van der Waals surface area (Å²) in [5.41, 5.74) is 27.4. The van der Waals surface area contributed by atoms with E-state index in [4.69, 9.17) is 8.83 Å². The molecule has 3 nitrogen and oxygen atoms in total. The molecule has 9 aromatic carbocycles. The summed E-state index contributed by atoms with van der Waals surface area (Å²) < 4.78 is 13.3. The number of fused-ring (bicyclic) bond motifs is 17. The van der Waals surface area contributed by atoms with Crippen LogP contribution in [0, 0.1) is 6.92 Å². The van der Waals surface area contributed by atoms with Gasteiger partial charge in [-0.3, -0.25) is 0 Å². The van der Waals surface area contributed by atoms with Crippen molar-refractivity contribution in [1.29, 1.82) is 0 Å². The van der Waals surface area contributed by atoms with Gasteiger partial charge in [0.1, 0.15) is 22.3 Å². The molecule has 3 aliphatic carbocycles. The van der Waals surface area contributed by atoms with Gasteiger partial charge in [0.05, 0.1) is 0 Å². The molecule has 0 atom stereocenters. The van der Waals surface area contributed by atoms with Gasteiger partial charge in [-0.05, 0) is 163 Å². The van der Waals surface area contributed by atoms with Crippen LogP contribution in [0.2, 0.25) is 0 Å². The normalized spacial score (nSPS) is 15.5. The van der Waals surface area contributed by atoms with Gasteiger partial charge in [-0.15, -0.1) is 0 Å². The third kappa shape index (κ3) is 5.72. The highest BCUT2D eigenvalue weighted by atomic mass is 16.3. The average Bonchev–Trinajstić information content (AvgIpc) is 4.10. The van der Waals surface area contributed by atoms with E-state index >= 15 is 0 Å². The third-order valence-corrected chi connectivity index (χ3v) is 17.1. The van der Waals surface area contributed by atoms with E-state index in [0.29, 0.717) is 0 Å². The molecule has 14 rings (SSSR count). The van der Waals surface area contributed by atoms with Crippen LogP contribution in [-0.4, -0.2) is 0 Å². The van der Waals surface area contributed by atoms with Crippen molar-refractivity contribution in [3.63, 3.8) is 0 Å². The lowest BCUT2D eigenvalue weighted by atomic mass is 9.79. The van der Waals surface area contributed by atoms with E-state index in [1.807, 2.05) is 0 Å². The number of aryl methyl sites for hydroxylation is 1. The smallest absolute Gasteiger partial charge is 0.143 e. The lowest BCUT2D eigenvalue weighted by Gasteiger charge is -2.30. The van der Waals surface area contributed by atoms with Crippen LogP contribution >= 0.6 is 0 Å². The second-order valence-electron chi connectivity index (χ2n) is 23.4. The van der Waals surface area contributed by atoms with Gasteiger partial charge in [0.2, 0.25) is 0 Å². The van der Waals surface area contributed by atoms with Crippen LogP contribution in [0.15, 0.2) is 173 Å². The van der Waals surface area contributed by atoms with Crippen molar-refractivity contribution in [2.75, 3.05) is 4.90 Å². The SMILES string of the molecule is Cc1ccc(N(c2ccc3c(c2)C(C)(C)c2cc4c(cc2-3)C(C)(C)c2ccc3oc5ccccc5c3c2-4)c2ccc3c(c2)C(C)(C)c2cc(-c4ccc(C(C)(C)C)cc4)c4oc5ccccc5c4c2-3)cc1. The molecule has 0 bridgehead atoms. The lowest BCUT2D eigenvalue weighted by Crippen LogP contribution is -2.18. The fraction of sp³-hybridized carbons (Fsp3) is 0.206. The molecule has 11 aromatic rings. The minimum atomic E-state index is -0.297. The molecule has 71 heavy (non-hydrogen) atoms. The van der Waals surface area contributed by atoms with Gasteiger partial charge in [-0.25, -0.2) is 0 Å². The van der Waals surface area contributed by atoms with Gasteiger partial charge < -0.3 is 13.7 Å². The third-order valence-electron chi connectivity index (χ3n) is 17.1. The van der Waals surface area contributed by atoms with Crippen LogP contribution in [0.1, 0.15) is 107 Å². The Hall–Kier alpha value is -7.62. The van der Waals surface area contributed by atoms with Crippen molar-refractivity contribution in [1.82, 2.24) is 0 Å². The van der Waals surface area contributed by atoms with Crippen molar-refractivity contribution in [2.24, 2.45) is 0 Å². The van der Waals surface area contributed by atoms with Gasteiger partial charge in [0, 0.05) is 60.4 Å². The summed E-state index contributed by atoms with van der Waals surface area (Å²) in [4.78, 5) is 2.48. The Balaban J connectivity index is 0.918. The molecule has 346 valence electrons. The van der Waals surface area contributed by atoms with Crippen molar-refractivity contribution >= 4 is 60.9 Å². The first-order valence-corrected chi connectivity index (χ1v) is 25.4. The minimum absolute atomic E-state index is 0.0654. The molecule has 2 heterocycles. The number of furan rings is 2. The Labute approximate surface area is 416 Å². The zero-order valence-electron chi connectivity index (χ0n) is 42.4. The maximum Gasteiger partial charge on any atom is 0.143 e. The molecular formula is C68H57NO2. The second kappa shape index (κ2) is 14.0. The van der Waals surface area contributed by atoms with E-state index in [2.05, 4.69) is 238 Å². The minimum Gasteiger partial charge on any atom is -0.456 e. The van der Waals surface area contributed by atoms with E-state index in [1.54, 1.807) is 0 Å². The first kappa shape index (κ1) is 42.3. The summed E-state index contributed by atoms with van der Waals surface area (Å²) in [7, 11) is 0. The van der Waals surface area contributed by atoms with Gasteiger partial charge in [0.25, 0.3) is 0 Å². The highest BCUT2D eigenvalue weighted by Gasteiger charge is 2.44. The average molecular weight is 920 g/mol. The van der Waals surface area contributed by atoms with Crippen LogP contribution < -0.4 is 4.90 Å². The molecule has 2 aromatic heterocycles. The molecular weight excluding hydrogens is 863 g/mol. The zero-order chi connectivity index (χ0) is 48.7. The summed E-state index contributed by atoms with van der Waals surface area (Å²) in [6.45, 7) is 23.4. The fourth-order valence-corrected chi connectivity index (χ4v) is 13.1. The number of para-hydroxylation sites is 2. The predicted molar refractivity (Wildman–Crippen MR) is 297 cm³/mol. The highest BCUT2D eigenvalue weighted by molar-refractivity contribution is 6.19. The van der Waals surface area contributed by atoms with Crippen molar-refractivity contribution in [3.05, 3.63) is 208 Å². The maximum absolute atomic E-state index is 6.87. The number of rotatable bonds is 4. The Morgan fingerprint density at radius 2 is 0.915 bits per heavy atom. The Kier molecular flexibility index (Phi) is 8.36. The summed E-state index contributed by atoms with van der Waals surface area (Å²) in [6, 6.07) is 61.6. The molecule has 3 aliphatic rings. The summed E-state index contributed by atoms with van der Waals surface area (Å²) in [6.07, 6.45) is 0. The monoisotopic (exact) mass is 919 g/mol. The van der Waals surface area contributed by atoms with Crippen LogP contribution in [0.4, 0.5) is 17.1 Å². The Morgan fingerprint density at radius 3 is 1.61 bits per heavy atom. The maximum atomic E-state index is 6.87. The van der Waals surface area contributed by atoms with Crippen LogP contribution in [0.3, 0.4) is 0 Å². The van der Waals surface area contributed by atoms with E-state index in [1.165, 1.54) is 99.6 Å². The highest BCUT2D eigenvalue weighted by Crippen LogP contribution is 2.60. The summed E-state index contributed by atoms with van der Waals surface area (Å²) in [5.74, 6) is 0. The van der Waals surface area contributed by atoms with Crippen LogP contribution in [0.5, 0.6) is 0 Å². The summed E-state index contributed by atoms with van der Waals surface area (Å²) >= 11 is 0. The Morgan fingerprint density at radius 1 is 0.394 bits per heavy atom. The van der Waals surface area contributed by atoms with Gasteiger partial charge >= 0.3 is 0 Å². The van der Waals surface area contributed by atoms with E-state index in [0.717, 1.165) is 50.3 Å². The quantitative estimate of drug-likeness (QED) is 0.176. The zero-order valence-corrected chi connectivity index (χ0v) is 42.4. The first-order valence-electron chi connectivity index (χ1n) is 25.4. The largest absolute Gasteiger partial charge is 0.456 e. The van der Waals surface area contributed by atoms with E-state index in [9.17, 15) is 0 Å². The second-order valence-corrected chi connectivity index (χ2v) is 23.4. The van der Waals surface area contributed by atoms with Gasteiger partial charge in [-0.1, -0.05) is 159 Å². The molecule has 0 radical (unpaired) electrons. The lowest BCUT2D eigenvalue weighted by molar-refractivity contribution is 0.590. The Bertz CT molecular complexity index is 4110. The number of anilines is 3. The number of hydrogen-bond acceptors (Lipinski definition) is 3. The molecule has 0 fully saturated rings. The molecule has 3 heteroatoms.